The van der Waals surface area contributed by atoms with E-state index < -0.39 is 0 Å². The van der Waals surface area contributed by atoms with Gasteiger partial charge in [0.15, 0.2) is 5.82 Å². The number of benzene rings is 1. The molecule has 0 atom stereocenters. The van der Waals surface area contributed by atoms with Crippen molar-refractivity contribution in [3.05, 3.63) is 29.6 Å². The molecule has 0 fully saturated rings. The van der Waals surface area contributed by atoms with E-state index >= 15 is 0 Å². The maximum Gasteiger partial charge on any atom is 0.258 e. The fourth-order valence-corrected chi connectivity index (χ4v) is 2.00. The first-order valence-corrected chi connectivity index (χ1v) is 5.55. The van der Waals surface area contributed by atoms with E-state index in [-0.39, 0.29) is 0 Å². The molecule has 1 aliphatic heterocycles. The van der Waals surface area contributed by atoms with E-state index in [4.69, 9.17) is 9.26 Å². The zero-order chi connectivity index (χ0) is 11.7. The van der Waals surface area contributed by atoms with Crippen LogP contribution in [-0.2, 0) is 17.8 Å². The van der Waals surface area contributed by atoms with Gasteiger partial charge in [0.05, 0.1) is 0 Å². The predicted molar refractivity (Wildman–Crippen MR) is 62.6 cm³/mol. The Labute approximate surface area is 98.8 Å². The van der Waals surface area contributed by atoms with Crippen LogP contribution >= 0.6 is 0 Å². The molecule has 5 heteroatoms. The number of methoxy groups -OCH3 is 1. The van der Waals surface area contributed by atoms with Crippen molar-refractivity contribution in [2.75, 3.05) is 19.0 Å². The van der Waals surface area contributed by atoms with Crippen molar-refractivity contribution in [1.82, 2.24) is 10.1 Å². The summed E-state index contributed by atoms with van der Waals surface area (Å²) in [5.74, 6) is 1.12. The molecule has 0 saturated heterocycles. The van der Waals surface area contributed by atoms with Crippen LogP contribution in [-0.4, -0.2) is 23.8 Å². The van der Waals surface area contributed by atoms with Gasteiger partial charge in [0.2, 0.25) is 0 Å². The Bertz CT molecular complexity index is 536. The number of fused-ring (bicyclic) bond motifs is 1. The Balaban J connectivity index is 1.92. The largest absolute Gasteiger partial charge is 0.384 e. The van der Waals surface area contributed by atoms with Gasteiger partial charge in [0.25, 0.3) is 5.89 Å². The standard InChI is InChI=1S/C12H13N3O2/c1-16-7-11-14-12(17-15-11)9-2-3-10-8(6-9)4-5-13-10/h2-3,6,13H,4-5,7H2,1H3. The Hall–Kier alpha value is -1.88. The molecule has 3 rings (SSSR count). The van der Waals surface area contributed by atoms with E-state index in [0.717, 1.165) is 18.5 Å². The van der Waals surface area contributed by atoms with Crippen LogP contribution in [0, 0.1) is 0 Å². The summed E-state index contributed by atoms with van der Waals surface area (Å²) >= 11 is 0. The fraction of sp³-hybridized carbons (Fsp3) is 0.333. The van der Waals surface area contributed by atoms with E-state index in [9.17, 15) is 0 Å². The van der Waals surface area contributed by atoms with Crippen LogP contribution in [0.4, 0.5) is 5.69 Å². The minimum absolute atomic E-state index is 0.371. The topological polar surface area (TPSA) is 60.2 Å². The second-order valence-corrected chi connectivity index (χ2v) is 4.00. The van der Waals surface area contributed by atoms with Crippen LogP contribution in [0.5, 0.6) is 0 Å². The number of rotatable bonds is 3. The molecule has 0 bridgehead atoms. The highest BCUT2D eigenvalue weighted by Crippen LogP contribution is 2.27. The third-order valence-electron chi connectivity index (χ3n) is 2.80. The maximum atomic E-state index is 5.20. The van der Waals surface area contributed by atoms with Gasteiger partial charge in [-0.2, -0.15) is 4.98 Å². The Morgan fingerprint density at radius 1 is 1.47 bits per heavy atom. The molecular formula is C12H13N3O2. The average Bonchev–Trinajstić information content (AvgIpc) is 2.96. The number of ether oxygens (including phenoxy) is 1. The lowest BCUT2D eigenvalue weighted by molar-refractivity contribution is 0.174. The molecule has 0 saturated carbocycles. The highest BCUT2D eigenvalue weighted by atomic mass is 16.5. The molecule has 2 aromatic rings. The van der Waals surface area contributed by atoms with Gasteiger partial charge in [-0.1, -0.05) is 5.16 Å². The summed E-state index contributed by atoms with van der Waals surface area (Å²) in [5.41, 5.74) is 3.46. The normalized spacial score (nSPS) is 13.5. The molecule has 0 aliphatic carbocycles. The van der Waals surface area contributed by atoms with Crippen molar-refractivity contribution in [3.8, 4) is 11.5 Å². The molecule has 88 valence electrons. The molecule has 0 unspecified atom stereocenters. The van der Waals surface area contributed by atoms with E-state index in [1.807, 2.05) is 6.07 Å². The van der Waals surface area contributed by atoms with Gasteiger partial charge in [-0.15, -0.1) is 0 Å². The summed E-state index contributed by atoms with van der Waals surface area (Å²) in [4.78, 5) is 4.27. The molecule has 1 N–H and O–H groups in total. The zero-order valence-electron chi connectivity index (χ0n) is 9.56. The van der Waals surface area contributed by atoms with Crippen LogP contribution in [0.2, 0.25) is 0 Å². The van der Waals surface area contributed by atoms with Crippen molar-refractivity contribution in [2.45, 2.75) is 13.0 Å². The SMILES string of the molecule is COCc1noc(-c2ccc3c(c2)CCN3)n1. The van der Waals surface area contributed by atoms with Gasteiger partial charge in [0.1, 0.15) is 6.61 Å². The zero-order valence-corrected chi connectivity index (χ0v) is 9.56. The third kappa shape index (κ3) is 1.89. The van der Waals surface area contributed by atoms with Crippen LogP contribution in [0.25, 0.3) is 11.5 Å². The summed E-state index contributed by atoms with van der Waals surface area (Å²) in [6.45, 7) is 1.37. The van der Waals surface area contributed by atoms with Crippen molar-refractivity contribution in [2.24, 2.45) is 0 Å². The van der Waals surface area contributed by atoms with E-state index in [2.05, 4.69) is 27.6 Å². The monoisotopic (exact) mass is 231 g/mol. The number of anilines is 1. The molecule has 1 aromatic heterocycles. The lowest BCUT2D eigenvalue weighted by Crippen LogP contribution is -1.90. The number of aromatic nitrogens is 2. The summed E-state index contributed by atoms with van der Waals surface area (Å²) in [6, 6.07) is 6.14. The lowest BCUT2D eigenvalue weighted by atomic mass is 10.1. The Kier molecular flexibility index (Phi) is 2.53. The van der Waals surface area contributed by atoms with Crippen molar-refractivity contribution in [1.29, 1.82) is 0 Å². The molecule has 2 heterocycles. The van der Waals surface area contributed by atoms with Crippen molar-refractivity contribution in [3.63, 3.8) is 0 Å². The first-order valence-electron chi connectivity index (χ1n) is 5.55. The molecule has 17 heavy (non-hydrogen) atoms. The van der Waals surface area contributed by atoms with Crippen LogP contribution < -0.4 is 5.32 Å². The highest BCUT2D eigenvalue weighted by molar-refractivity contribution is 5.64. The summed E-state index contributed by atoms with van der Waals surface area (Å²) in [6.07, 6.45) is 1.04. The van der Waals surface area contributed by atoms with Gasteiger partial charge >= 0.3 is 0 Å². The van der Waals surface area contributed by atoms with Crippen molar-refractivity contribution < 1.29 is 9.26 Å². The molecular weight excluding hydrogens is 218 g/mol. The highest BCUT2D eigenvalue weighted by Gasteiger charge is 2.14. The second-order valence-electron chi connectivity index (χ2n) is 4.00. The molecule has 1 aliphatic rings. The molecule has 0 spiro atoms. The first kappa shape index (κ1) is 10.3. The fourth-order valence-electron chi connectivity index (χ4n) is 2.00. The van der Waals surface area contributed by atoms with Crippen LogP contribution in [0.1, 0.15) is 11.4 Å². The third-order valence-corrected chi connectivity index (χ3v) is 2.80. The number of hydrogen-bond acceptors (Lipinski definition) is 5. The molecule has 0 radical (unpaired) electrons. The molecule has 5 nitrogen and oxygen atoms in total. The molecule has 0 amide bonds. The Morgan fingerprint density at radius 2 is 2.41 bits per heavy atom. The van der Waals surface area contributed by atoms with Gasteiger partial charge in [0, 0.05) is 24.9 Å². The van der Waals surface area contributed by atoms with E-state index in [1.165, 1.54) is 11.3 Å². The summed E-state index contributed by atoms with van der Waals surface area (Å²) in [7, 11) is 1.61. The molecule has 1 aromatic carbocycles. The quantitative estimate of drug-likeness (QED) is 0.873. The lowest BCUT2D eigenvalue weighted by Gasteiger charge is -2.00. The second kappa shape index (κ2) is 4.18. The van der Waals surface area contributed by atoms with Gasteiger partial charge in [-0.3, -0.25) is 0 Å². The predicted octanol–water partition coefficient (Wildman–Crippen LogP) is 1.85. The number of nitrogens with zero attached hydrogens (tertiary/aromatic N) is 2. The smallest absolute Gasteiger partial charge is 0.258 e. The van der Waals surface area contributed by atoms with Crippen LogP contribution in [0.15, 0.2) is 22.7 Å². The number of nitrogens with one attached hydrogen (secondary N) is 1. The van der Waals surface area contributed by atoms with Gasteiger partial charge in [-0.05, 0) is 30.2 Å². The van der Waals surface area contributed by atoms with Crippen molar-refractivity contribution >= 4 is 5.69 Å². The van der Waals surface area contributed by atoms with E-state index in [1.54, 1.807) is 7.11 Å². The van der Waals surface area contributed by atoms with Crippen LogP contribution in [0.3, 0.4) is 0 Å². The maximum absolute atomic E-state index is 5.20. The summed E-state index contributed by atoms with van der Waals surface area (Å²) < 4.78 is 10.2. The summed E-state index contributed by atoms with van der Waals surface area (Å²) in [5, 5.41) is 7.17. The first-order chi connectivity index (χ1) is 8.36. The minimum atomic E-state index is 0.371. The average molecular weight is 231 g/mol. The number of hydrogen-bond donors (Lipinski definition) is 1. The van der Waals surface area contributed by atoms with E-state index in [0.29, 0.717) is 18.3 Å². The minimum Gasteiger partial charge on any atom is -0.384 e. The van der Waals surface area contributed by atoms with Gasteiger partial charge in [-0.25, -0.2) is 0 Å². The Morgan fingerprint density at radius 3 is 3.29 bits per heavy atom. The van der Waals surface area contributed by atoms with Gasteiger partial charge < -0.3 is 14.6 Å².